The van der Waals surface area contributed by atoms with Gasteiger partial charge >= 0.3 is 0 Å². The zero-order valence-electron chi connectivity index (χ0n) is 7.14. The fraction of sp³-hybridized carbons (Fsp3) is 0.143. The Labute approximate surface area is 92.3 Å². The summed E-state index contributed by atoms with van der Waals surface area (Å²) in [6, 6.07) is 0. The highest BCUT2D eigenvalue weighted by Crippen LogP contribution is 2.29. The Morgan fingerprint density at radius 3 is 2.71 bits per heavy atom. The largest absolute Gasteiger partial charge is 0.479 e. The van der Waals surface area contributed by atoms with Crippen LogP contribution < -0.4 is 4.74 Å². The Hall–Kier alpha value is -1.08. The topological polar surface area (TPSA) is 60.8 Å². The van der Waals surface area contributed by atoms with Gasteiger partial charge in [-0.2, -0.15) is 0 Å². The van der Waals surface area contributed by atoms with Gasteiger partial charge in [-0.25, -0.2) is 9.97 Å². The third-order valence-electron chi connectivity index (χ3n) is 1.46. The molecule has 0 aliphatic carbocycles. The maximum absolute atomic E-state index is 5.06. The van der Waals surface area contributed by atoms with Crippen LogP contribution in [-0.2, 0) is 0 Å². The molecule has 0 spiro atoms. The van der Waals surface area contributed by atoms with Crippen molar-refractivity contribution in [3.8, 4) is 16.6 Å². The number of hydrogen-bond acceptors (Lipinski definition) is 6. The predicted molar refractivity (Wildman–Crippen MR) is 55.2 cm³/mol. The number of nitrogens with zero attached hydrogens (tertiary/aromatic N) is 4. The fourth-order valence-electron chi connectivity index (χ4n) is 0.922. The molecule has 0 saturated heterocycles. The molecule has 0 N–H and O–H groups in total. The summed E-state index contributed by atoms with van der Waals surface area (Å²) < 4.78 is 5.77. The molecular weight excluding hydrogens is 268 g/mol. The van der Waals surface area contributed by atoms with E-state index in [1.807, 2.05) is 0 Å². The van der Waals surface area contributed by atoms with E-state index in [9.17, 15) is 0 Å². The van der Waals surface area contributed by atoms with Crippen molar-refractivity contribution in [3.05, 3.63) is 16.3 Å². The molecule has 0 aliphatic heterocycles. The fourth-order valence-corrected chi connectivity index (χ4v) is 2.02. The smallest absolute Gasteiger partial charge is 0.242 e. The van der Waals surface area contributed by atoms with Gasteiger partial charge in [0.25, 0.3) is 0 Å². The molecule has 0 saturated carbocycles. The summed E-state index contributed by atoms with van der Waals surface area (Å²) >= 11 is 4.61. The van der Waals surface area contributed by atoms with Gasteiger partial charge in [0.05, 0.1) is 7.11 Å². The highest BCUT2D eigenvalue weighted by Gasteiger charge is 2.12. The zero-order chi connectivity index (χ0) is 9.97. The SMILES string of the molecule is COc1nccnc1-c1nnc(Br)s1. The van der Waals surface area contributed by atoms with E-state index >= 15 is 0 Å². The van der Waals surface area contributed by atoms with E-state index in [0.717, 1.165) is 0 Å². The average Bonchev–Trinajstić information content (AvgIpc) is 2.65. The molecule has 2 aromatic rings. The third kappa shape index (κ3) is 1.73. The molecule has 72 valence electrons. The Bertz CT molecular complexity index is 447. The lowest BCUT2D eigenvalue weighted by molar-refractivity contribution is 0.397. The summed E-state index contributed by atoms with van der Waals surface area (Å²) in [6.45, 7) is 0. The van der Waals surface area contributed by atoms with E-state index in [0.29, 0.717) is 20.5 Å². The first-order valence-corrected chi connectivity index (χ1v) is 5.26. The first-order chi connectivity index (χ1) is 6.81. The van der Waals surface area contributed by atoms with Gasteiger partial charge in [0.15, 0.2) is 14.6 Å². The minimum atomic E-state index is 0.455. The van der Waals surface area contributed by atoms with Gasteiger partial charge in [0, 0.05) is 12.4 Å². The van der Waals surface area contributed by atoms with Crippen LogP contribution in [0.3, 0.4) is 0 Å². The van der Waals surface area contributed by atoms with Crippen LogP contribution in [0.1, 0.15) is 0 Å². The second-order valence-electron chi connectivity index (χ2n) is 2.27. The van der Waals surface area contributed by atoms with Crippen LogP contribution >= 0.6 is 27.3 Å². The molecule has 0 amide bonds. The van der Waals surface area contributed by atoms with Crippen LogP contribution in [-0.4, -0.2) is 27.3 Å². The number of methoxy groups -OCH3 is 1. The summed E-state index contributed by atoms with van der Waals surface area (Å²) in [7, 11) is 1.55. The summed E-state index contributed by atoms with van der Waals surface area (Å²) in [5.41, 5.74) is 0.609. The quantitative estimate of drug-likeness (QED) is 0.834. The Morgan fingerprint density at radius 1 is 1.29 bits per heavy atom. The summed E-state index contributed by atoms with van der Waals surface area (Å²) in [4.78, 5) is 8.15. The lowest BCUT2D eigenvalue weighted by atomic mass is 10.4. The van der Waals surface area contributed by atoms with Gasteiger partial charge in [-0.05, 0) is 15.9 Å². The number of halogens is 1. The molecule has 0 radical (unpaired) electrons. The second-order valence-corrected chi connectivity index (χ2v) is 4.53. The molecule has 0 aromatic carbocycles. The molecular formula is C7H5BrN4OS. The highest BCUT2D eigenvalue weighted by atomic mass is 79.9. The van der Waals surface area contributed by atoms with E-state index in [1.165, 1.54) is 11.3 Å². The Balaban J connectivity index is 2.50. The van der Waals surface area contributed by atoms with Crippen molar-refractivity contribution >= 4 is 27.3 Å². The number of hydrogen-bond donors (Lipinski definition) is 0. The molecule has 0 fully saturated rings. The van der Waals surface area contributed by atoms with Gasteiger partial charge < -0.3 is 4.74 Å². The Kier molecular flexibility index (Phi) is 2.69. The maximum Gasteiger partial charge on any atom is 0.242 e. The minimum absolute atomic E-state index is 0.455. The lowest BCUT2D eigenvalue weighted by Gasteiger charge is -2.00. The van der Waals surface area contributed by atoms with Crippen LogP contribution in [0, 0.1) is 0 Å². The first kappa shape index (κ1) is 9.47. The molecule has 14 heavy (non-hydrogen) atoms. The first-order valence-electron chi connectivity index (χ1n) is 3.65. The minimum Gasteiger partial charge on any atom is -0.479 e. The van der Waals surface area contributed by atoms with Crippen molar-refractivity contribution in [2.75, 3.05) is 7.11 Å². The molecule has 2 rings (SSSR count). The average molecular weight is 273 g/mol. The highest BCUT2D eigenvalue weighted by molar-refractivity contribution is 9.11. The van der Waals surface area contributed by atoms with Gasteiger partial charge in [-0.3, -0.25) is 0 Å². The number of aromatic nitrogens is 4. The van der Waals surface area contributed by atoms with Crippen LogP contribution in [0.5, 0.6) is 5.88 Å². The standard InChI is InChI=1S/C7H5BrN4OS/c1-13-5-4(9-2-3-10-5)6-11-12-7(8)14-6/h2-3H,1H3. The van der Waals surface area contributed by atoms with Crippen molar-refractivity contribution in [1.82, 2.24) is 20.2 Å². The van der Waals surface area contributed by atoms with Gasteiger partial charge in [0.1, 0.15) is 0 Å². The lowest BCUT2D eigenvalue weighted by Crippen LogP contribution is -1.93. The number of ether oxygens (including phenoxy) is 1. The van der Waals surface area contributed by atoms with Crippen molar-refractivity contribution in [1.29, 1.82) is 0 Å². The summed E-state index contributed by atoms with van der Waals surface area (Å²) in [5.74, 6) is 0.455. The van der Waals surface area contributed by atoms with Crippen molar-refractivity contribution < 1.29 is 4.74 Å². The van der Waals surface area contributed by atoms with Crippen LogP contribution in [0.4, 0.5) is 0 Å². The zero-order valence-corrected chi connectivity index (χ0v) is 9.54. The summed E-state index contributed by atoms with van der Waals surface area (Å²) in [6.07, 6.45) is 3.16. The van der Waals surface area contributed by atoms with Crippen LogP contribution in [0.25, 0.3) is 10.7 Å². The second kappa shape index (κ2) is 3.97. The molecule has 0 unspecified atom stereocenters. The number of rotatable bonds is 2. The van der Waals surface area contributed by atoms with E-state index < -0.39 is 0 Å². The Morgan fingerprint density at radius 2 is 2.07 bits per heavy atom. The molecule has 7 heteroatoms. The van der Waals surface area contributed by atoms with Gasteiger partial charge in [-0.1, -0.05) is 11.3 Å². The van der Waals surface area contributed by atoms with E-state index in [2.05, 4.69) is 36.1 Å². The molecule has 0 bridgehead atoms. The molecule has 2 heterocycles. The van der Waals surface area contributed by atoms with Gasteiger partial charge in [-0.15, -0.1) is 10.2 Å². The maximum atomic E-state index is 5.06. The van der Waals surface area contributed by atoms with E-state index in [4.69, 9.17) is 4.74 Å². The third-order valence-corrected chi connectivity index (χ3v) is 2.82. The molecule has 5 nitrogen and oxygen atoms in total. The van der Waals surface area contributed by atoms with Crippen molar-refractivity contribution in [2.24, 2.45) is 0 Å². The predicted octanol–water partition coefficient (Wildman–Crippen LogP) is 1.77. The summed E-state index contributed by atoms with van der Waals surface area (Å²) in [5, 5.41) is 8.45. The van der Waals surface area contributed by atoms with E-state index in [1.54, 1.807) is 19.5 Å². The van der Waals surface area contributed by atoms with Crippen molar-refractivity contribution in [3.63, 3.8) is 0 Å². The van der Waals surface area contributed by atoms with Crippen LogP contribution in [0.2, 0.25) is 0 Å². The monoisotopic (exact) mass is 272 g/mol. The van der Waals surface area contributed by atoms with E-state index in [-0.39, 0.29) is 0 Å². The van der Waals surface area contributed by atoms with Gasteiger partial charge in [0.2, 0.25) is 5.88 Å². The van der Waals surface area contributed by atoms with Crippen molar-refractivity contribution in [2.45, 2.75) is 0 Å². The van der Waals surface area contributed by atoms with Crippen LogP contribution in [0.15, 0.2) is 16.3 Å². The molecule has 0 atom stereocenters. The normalized spacial score (nSPS) is 10.1. The molecule has 2 aromatic heterocycles. The molecule has 0 aliphatic rings.